The highest BCUT2D eigenvalue weighted by atomic mass is 32.2. The quantitative estimate of drug-likeness (QED) is 0.190. The van der Waals surface area contributed by atoms with E-state index in [1.54, 1.807) is 42.5 Å². The number of rotatable bonds is 10. The van der Waals surface area contributed by atoms with E-state index in [0.29, 0.717) is 29.4 Å². The predicted octanol–water partition coefficient (Wildman–Crippen LogP) is 6.29. The maximum absolute atomic E-state index is 13.2. The van der Waals surface area contributed by atoms with Crippen molar-refractivity contribution in [1.29, 1.82) is 5.26 Å². The molecule has 0 atom stereocenters. The molecule has 2 N–H and O–H groups in total. The lowest BCUT2D eigenvalue weighted by molar-refractivity contribution is -0.113. The number of carbonyl (C=O) groups is 2. The first kappa shape index (κ1) is 26.3. The van der Waals surface area contributed by atoms with Gasteiger partial charge in [0.25, 0.3) is 11.8 Å². The Labute approximate surface area is 226 Å². The van der Waals surface area contributed by atoms with Crippen LogP contribution in [-0.2, 0) is 11.4 Å². The van der Waals surface area contributed by atoms with Gasteiger partial charge >= 0.3 is 0 Å². The third-order valence-corrected chi connectivity index (χ3v) is 6.26. The molecule has 0 radical (unpaired) electrons. The van der Waals surface area contributed by atoms with Gasteiger partial charge in [0.15, 0.2) is 0 Å². The molecule has 0 aromatic heterocycles. The van der Waals surface area contributed by atoms with E-state index in [0.717, 1.165) is 16.0 Å². The van der Waals surface area contributed by atoms with Gasteiger partial charge in [0.05, 0.1) is 11.8 Å². The largest absolute Gasteiger partial charge is 0.489 e. The molecule has 0 heterocycles. The summed E-state index contributed by atoms with van der Waals surface area (Å²) in [5.41, 5.74) is 2.89. The molecule has 4 rings (SSSR count). The number of hydrogen-bond acceptors (Lipinski definition) is 5. The van der Waals surface area contributed by atoms with E-state index in [-0.39, 0.29) is 5.70 Å². The van der Waals surface area contributed by atoms with Crippen molar-refractivity contribution in [2.24, 2.45) is 0 Å². The zero-order valence-electron chi connectivity index (χ0n) is 20.5. The first-order valence-corrected chi connectivity index (χ1v) is 12.9. The molecule has 0 saturated carbocycles. The Hall–Kier alpha value is -4.80. The summed E-state index contributed by atoms with van der Waals surface area (Å²) < 4.78 is 5.85. The molecule has 0 aliphatic rings. The van der Waals surface area contributed by atoms with E-state index < -0.39 is 11.8 Å². The lowest BCUT2D eigenvalue weighted by atomic mass is 10.1. The first-order chi connectivity index (χ1) is 18.6. The maximum atomic E-state index is 13.2. The van der Waals surface area contributed by atoms with Crippen LogP contribution >= 0.6 is 11.8 Å². The summed E-state index contributed by atoms with van der Waals surface area (Å²) in [7, 11) is 0. The van der Waals surface area contributed by atoms with Crippen LogP contribution in [0.3, 0.4) is 0 Å². The number of hydrogen-bond donors (Lipinski definition) is 2. The highest BCUT2D eigenvalue weighted by Crippen LogP contribution is 2.21. The molecule has 2 amide bonds. The summed E-state index contributed by atoms with van der Waals surface area (Å²) in [4.78, 5) is 27.0. The van der Waals surface area contributed by atoms with Crippen LogP contribution in [0.1, 0.15) is 21.5 Å². The molecule has 0 spiro atoms. The van der Waals surface area contributed by atoms with E-state index in [9.17, 15) is 9.59 Å². The van der Waals surface area contributed by atoms with Crippen molar-refractivity contribution in [1.82, 2.24) is 5.32 Å². The van der Waals surface area contributed by atoms with Crippen LogP contribution in [0.4, 0.5) is 5.69 Å². The zero-order valence-corrected chi connectivity index (χ0v) is 21.3. The topological polar surface area (TPSA) is 91.2 Å². The van der Waals surface area contributed by atoms with E-state index >= 15 is 0 Å². The van der Waals surface area contributed by atoms with Crippen LogP contribution < -0.4 is 15.4 Å². The van der Waals surface area contributed by atoms with Gasteiger partial charge in [0.1, 0.15) is 18.1 Å². The summed E-state index contributed by atoms with van der Waals surface area (Å²) in [6.07, 6.45) is 1.62. The lowest BCUT2D eigenvalue weighted by Gasteiger charge is -2.12. The van der Waals surface area contributed by atoms with Gasteiger partial charge in [-0.1, -0.05) is 60.7 Å². The summed E-state index contributed by atoms with van der Waals surface area (Å²) in [5, 5.41) is 14.3. The smallest absolute Gasteiger partial charge is 0.272 e. The van der Waals surface area contributed by atoms with Crippen LogP contribution in [-0.4, -0.2) is 17.6 Å². The number of thioether (sulfide) groups is 1. The standard InChI is InChI=1S/C31H25N3O3S/c32-19-20-38-28-17-13-26(14-18-28)33-31(36)29(34-30(35)25-9-5-2-6-10-25)21-23-11-15-27(16-12-23)37-22-24-7-3-1-4-8-24/h1-18,21H,20,22H2,(H,33,36)(H,34,35)/b29-21-. The van der Waals surface area contributed by atoms with Crippen molar-refractivity contribution in [3.63, 3.8) is 0 Å². The fourth-order valence-electron chi connectivity index (χ4n) is 3.46. The predicted molar refractivity (Wildman–Crippen MR) is 151 cm³/mol. The molecule has 0 fully saturated rings. The lowest BCUT2D eigenvalue weighted by Crippen LogP contribution is -2.30. The van der Waals surface area contributed by atoms with Gasteiger partial charge in [-0.2, -0.15) is 5.26 Å². The number of amides is 2. The van der Waals surface area contributed by atoms with Gasteiger partial charge in [-0.05, 0) is 65.7 Å². The van der Waals surface area contributed by atoms with E-state index in [2.05, 4.69) is 16.7 Å². The van der Waals surface area contributed by atoms with Gasteiger partial charge in [0.2, 0.25) is 0 Å². The van der Waals surface area contributed by atoms with E-state index in [1.807, 2.05) is 72.8 Å². The molecule has 4 aromatic carbocycles. The number of nitrogens with zero attached hydrogens (tertiary/aromatic N) is 1. The third-order valence-electron chi connectivity index (χ3n) is 5.38. The third kappa shape index (κ3) is 7.85. The van der Waals surface area contributed by atoms with Gasteiger partial charge in [-0.25, -0.2) is 0 Å². The zero-order chi connectivity index (χ0) is 26.6. The van der Waals surface area contributed by atoms with Gasteiger partial charge in [-0.3, -0.25) is 9.59 Å². The van der Waals surface area contributed by atoms with Crippen LogP contribution in [0.25, 0.3) is 6.08 Å². The number of anilines is 1. The van der Waals surface area contributed by atoms with Crippen molar-refractivity contribution in [3.05, 3.63) is 132 Å². The average molecular weight is 520 g/mol. The van der Waals surface area contributed by atoms with E-state index in [1.165, 1.54) is 11.8 Å². The van der Waals surface area contributed by atoms with Gasteiger partial charge in [-0.15, -0.1) is 11.8 Å². The minimum atomic E-state index is -0.462. The highest BCUT2D eigenvalue weighted by molar-refractivity contribution is 7.99. The second kappa shape index (κ2) is 13.5. The molecular formula is C31H25N3O3S. The number of nitrogens with one attached hydrogen (secondary N) is 2. The molecule has 4 aromatic rings. The summed E-state index contributed by atoms with van der Waals surface area (Å²) in [6.45, 7) is 0.449. The molecule has 0 aliphatic heterocycles. The molecule has 188 valence electrons. The van der Waals surface area contributed by atoms with Crippen LogP contribution in [0, 0.1) is 11.3 Å². The monoisotopic (exact) mass is 519 g/mol. The first-order valence-electron chi connectivity index (χ1n) is 11.9. The molecule has 0 unspecified atom stereocenters. The molecule has 38 heavy (non-hydrogen) atoms. The van der Waals surface area contributed by atoms with Crippen molar-refractivity contribution in [2.75, 3.05) is 11.1 Å². The Bertz CT molecular complexity index is 1430. The number of carbonyl (C=O) groups excluding carboxylic acids is 2. The van der Waals surface area contributed by atoms with Crippen molar-refractivity contribution < 1.29 is 14.3 Å². The van der Waals surface area contributed by atoms with Crippen LogP contribution in [0.15, 0.2) is 120 Å². The van der Waals surface area contributed by atoms with Gasteiger partial charge < -0.3 is 15.4 Å². The molecular weight excluding hydrogens is 494 g/mol. The fourth-order valence-corrected chi connectivity index (χ4v) is 4.02. The SMILES string of the molecule is N#CCSc1ccc(NC(=O)/C(=C/c2ccc(OCc3ccccc3)cc2)NC(=O)c2ccccc2)cc1. The fraction of sp³-hybridized carbons (Fsp3) is 0.0645. The molecule has 0 bridgehead atoms. The Morgan fingerprint density at radius 3 is 2.16 bits per heavy atom. The van der Waals surface area contributed by atoms with Crippen molar-refractivity contribution >= 4 is 35.3 Å². The minimum Gasteiger partial charge on any atom is -0.489 e. The van der Waals surface area contributed by atoms with E-state index in [4.69, 9.17) is 10.00 Å². The number of nitriles is 1. The highest BCUT2D eigenvalue weighted by Gasteiger charge is 2.15. The summed E-state index contributed by atoms with van der Waals surface area (Å²) in [5.74, 6) is 0.189. The average Bonchev–Trinajstić information content (AvgIpc) is 2.97. The summed E-state index contributed by atoms with van der Waals surface area (Å²) in [6, 6.07) is 35.1. The molecule has 6 nitrogen and oxygen atoms in total. The summed E-state index contributed by atoms with van der Waals surface area (Å²) >= 11 is 1.41. The maximum Gasteiger partial charge on any atom is 0.272 e. The van der Waals surface area contributed by atoms with Crippen LogP contribution in [0.2, 0.25) is 0 Å². The van der Waals surface area contributed by atoms with Crippen LogP contribution in [0.5, 0.6) is 5.75 Å². The second-order valence-electron chi connectivity index (χ2n) is 8.15. The normalized spacial score (nSPS) is 10.8. The Balaban J connectivity index is 1.50. The molecule has 0 saturated heterocycles. The van der Waals surface area contributed by atoms with Gasteiger partial charge in [0, 0.05) is 16.1 Å². The van der Waals surface area contributed by atoms with Crippen molar-refractivity contribution in [3.8, 4) is 11.8 Å². The number of ether oxygens (including phenoxy) is 1. The Kier molecular flexibility index (Phi) is 9.33. The number of benzene rings is 4. The Morgan fingerprint density at radius 2 is 1.50 bits per heavy atom. The molecule has 7 heteroatoms. The minimum absolute atomic E-state index is 0.0970. The Morgan fingerprint density at radius 1 is 0.842 bits per heavy atom. The molecule has 0 aliphatic carbocycles. The second-order valence-corrected chi connectivity index (χ2v) is 9.20. The van der Waals surface area contributed by atoms with Crippen molar-refractivity contribution in [2.45, 2.75) is 11.5 Å².